The van der Waals surface area contributed by atoms with Gasteiger partial charge in [-0.2, -0.15) is 0 Å². The van der Waals surface area contributed by atoms with Crippen molar-refractivity contribution in [2.45, 2.75) is 64.0 Å². The number of hydrogen-bond acceptors (Lipinski definition) is 3. The van der Waals surface area contributed by atoms with Crippen LogP contribution in [0.15, 0.2) is 24.3 Å². The number of fused-ring (bicyclic) bond motifs is 1. The maximum atomic E-state index is 12.4. The van der Waals surface area contributed by atoms with Crippen molar-refractivity contribution in [2.75, 3.05) is 0 Å². The highest BCUT2D eigenvalue weighted by Gasteiger charge is 2.18. The predicted molar refractivity (Wildman–Crippen MR) is 91.8 cm³/mol. The van der Waals surface area contributed by atoms with Crippen LogP contribution in [0.1, 0.15) is 72.0 Å². The van der Waals surface area contributed by atoms with Gasteiger partial charge in [0.15, 0.2) is 5.82 Å². The van der Waals surface area contributed by atoms with Crippen LogP contribution in [0.4, 0.5) is 0 Å². The summed E-state index contributed by atoms with van der Waals surface area (Å²) in [5.74, 6) is 2.53. The average Bonchev–Trinajstić information content (AvgIpc) is 3.25. The lowest BCUT2D eigenvalue weighted by atomic mass is 9.84. The minimum Gasteiger partial charge on any atom is -0.345 e. The normalized spacial score (nSPS) is 17.7. The fraction of sp³-hybridized carbons (Fsp3) is 0.526. The number of carbonyl (C=O) groups is 1. The van der Waals surface area contributed by atoms with E-state index in [1.54, 1.807) is 0 Å². The number of nitrogens with zero attached hydrogens (tertiary/aromatic N) is 3. The van der Waals surface area contributed by atoms with E-state index in [0.717, 1.165) is 36.6 Å². The molecule has 2 aliphatic rings. The van der Waals surface area contributed by atoms with E-state index in [1.165, 1.54) is 37.7 Å². The third-order valence-electron chi connectivity index (χ3n) is 5.34. The molecule has 1 saturated carbocycles. The molecule has 0 atom stereocenters. The molecule has 0 bridgehead atoms. The maximum absolute atomic E-state index is 12.4. The zero-order valence-corrected chi connectivity index (χ0v) is 14.0. The molecule has 1 N–H and O–H groups in total. The Morgan fingerprint density at radius 2 is 1.88 bits per heavy atom. The van der Waals surface area contributed by atoms with E-state index >= 15 is 0 Å². The van der Waals surface area contributed by atoms with E-state index in [9.17, 15) is 4.79 Å². The van der Waals surface area contributed by atoms with Gasteiger partial charge in [0.25, 0.3) is 5.91 Å². The van der Waals surface area contributed by atoms with Gasteiger partial charge in [-0.25, -0.2) is 0 Å². The van der Waals surface area contributed by atoms with Crippen LogP contribution in [0.3, 0.4) is 0 Å². The van der Waals surface area contributed by atoms with Crippen LogP contribution in [-0.4, -0.2) is 20.7 Å². The lowest BCUT2D eigenvalue weighted by Gasteiger charge is -2.22. The van der Waals surface area contributed by atoms with Gasteiger partial charge in [-0.15, -0.1) is 10.2 Å². The molecule has 2 heterocycles. The molecule has 1 aromatic carbocycles. The Morgan fingerprint density at radius 1 is 1.08 bits per heavy atom. The quantitative estimate of drug-likeness (QED) is 0.939. The van der Waals surface area contributed by atoms with Gasteiger partial charge in [0, 0.05) is 18.5 Å². The first-order chi connectivity index (χ1) is 11.8. The fourth-order valence-electron chi connectivity index (χ4n) is 3.95. The second-order valence-corrected chi connectivity index (χ2v) is 6.93. The monoisotopic (exact) mass is 324 g/mol. The van der Waals surface area contributed by atoms with Gasteiger partial charge in [-0.1, -0.05) is 31.4 Å². The molecule has 126 valence electrons. The number of nitrogens with one attached hydrogen (secondary N) is 1. The van der Waals surface area contributed by atoms with Crippen molar-refractivity contribution in [1.29, 1.82) is 0 Å². The van der Waals surface area contributed by atoms with Crippen LogP contribution in [0.2, 0.25) is 0 Å². The van der Waals surface area contributed by atoms with Crippen molar-refractivity contribution in [1.82, 2.24) is 20.1 Å². The van der Waals surface area contributed by atoms with E-state index < -0.39 is 0 Å². The van der Waals surface area contributed by atoms with E-state index in [1.807, 2.05) is 12.1 Å². The molecule has 1 aromatic heterocycles. The molecule has 2 aromatic rings. The Hall–Kier alpha value is -2.17. The van der Waals surface area contributed by atoms with Gasteiger partial charge in [0.2, 0.25) is 0 Å². The van der Waals surface area contributed by atoms with Crippen LogP contribution in [0, 0.1) is 0 Å². The minimum absolute atomic E-state index is 0.0412. The second-order valence-electron chi connectivity index (χ2n) is 6.93. The van der Waals surface area contributed by atoms with E-state index in [-0.39, 0.29) is 5.91 Å². The van der Waals surface area contributed by atoms with Gasteiger partial charge >= 0.3 is 0 Å². The first-order valence-electron chi connectivity index (χ1n) is 9.10. The molecule has 0 unspecified atom stereocenters. The molecule has 5 nitrogen and oxygen atoms in total. The Bertz CT molecular complexity index is 713. The van der Waals surface area contributed by atoms with Crippen molar-refractivity contribution in [3.63, 3.8) is 0 Å². The molecule has 5 heteroatoms. The molecule has 1 fully saturated rings. The second kappa shape index (κ2) is 6.75. The van der Waals surface area contributed by atoms with Gasteiger partial charge in [0.05, 0.1) is 6.54 Å². The molecular formula is C19H24N4O. The van der Waals surface area contributed by atoms with Gasteiger partial charge in [-0.3, -0.25) is 4.79 Å². The molecule has 24 heavy (non-hydrogen) atoms. The summed E-state index contributed by atoms with van der Waals surface area (Å²) in [5, 5.41) is 11.3. The first kappa shape index (κ1) is 15.4. The van der Waals surface area contributed by atoms with Crippen molar-refractivity contribution < 1.29 is 4.79 Å². The highest BCUT2D eigenvalue weighted by atomic mass is 16.1. The Kier molecular flexibility index (Phi) is 4.32. The predicted octanol–water partition coefficient (Wildman–Crippen LogP) is 3.20. The average molecular weight is 324 g/mol. The number of aryl methyl sites for hydroxylation is 1. The molecule has 1 amide bonds. The summed E-state index contributed by atoms with van der Waals surface area (Å²) >= 11 is 0. The van der Waals surface area contributed by atoms with Crippen LogP contribution < -0.4 is 5.32 Å². The minimum atomic E-state index is -0.0412. The van der Waals surface area contributed by atoms with E-state index in [4.69, 9.17) is 0 Å². The Labute approximate surface area is 142 Å². The summed E-state index contributed by atoms with van der Waals surface area (Å²) in [4.78, 5) is 12.4. The first-order valence-corrected chi connectivity index (χ1v) is 9.10. The summed E-state index contributed by atoms with van der Waals surface area (Å²) in [6.45, 7) is 1.40. The zero-order chi connectivity index (χ0) is 16.4. The Balaban J connectivity index is 1.37. The highest BCUT2D eigenvalue weighted by molar-refractivity contribution is 5.94. The van der Waals surface area contributed by atoms with Gasteiger partial charge in [-0.05, 0) is 42.9 Å². The van der Waals surface area contributed by atoms with Gasteiger partial charge < -0.3 is 9.88 Å². The molecule has 0 radical (unpaired) electrons. The largest absolute Gasteiger partial charge is 0.345 e. The topological polar surface area (TPSA) is 59.8 Å². The van der Waals surface area contributed by atoms with E-state index in [2.05, 4.69) is 32.2 Å². The summed E-state index contributed by atoms with van der Waals surface area (Å²) < 4.78 is 2.12. The lowest BCUT2D eigenvalue weighted by Crippen LogP contribution is -2.24. The van der Waals surface area contributed by atoms with Gasteiger partial charge in [0.1, 0.15) is 5.82 Å². The third-order valence-corrected chi connectivity index (χ3v) is 5.34. The number of benzene rings is 1. The molecule has 1 aliphatic carbocycles. The number of hydrogen-bond donors (Lipinski definition) is 1. The molecule has 4 rings (SSSR count). The maximum Gasteiger partial charge on any atom is 0.251 e. The van der Waals surface area contributed by atoms with Crippen LogP contribution in [-0.2, 0) is 19.5 Å². The molecule has 0 spiro atoms. The molecule has 0 saturated heterocycles. The summed E-state index contributed by atoms with van der Waals surface area (Å²) in [6.07, 6.45) is 8.69. The number of rotatable bonds is 4. The van der Waals surface area contributed by atoms with Crippen LogP contribution in [0.5, 0.6) is 0 Å². The van der Waals surface area contributed by atoms with Crippen LogP contribution >= 0.6 is 0 Å². The highest BCUT2D eigenvalue weighted by Crippen LogP contribution is 2.32. The lowest BCUT2D eigenvalue weighted by molar-refractivity contribution is 0.0949. The van der Waals surface area contributed by atoms with Crippen molar-refractivity contribution in [3.8, 4) is 0 Å². The number of carbonyl (C=O) groups excluding carboxylic acids is 1. The number of amides is 1. The van der Waals surface area contributed by atoms with Crippen LogP contribution in [0.25, 0.3) is 0 Å². The Morgan fingerprint density at radius 3 is 2.67 bits per heavy atom. The number of aromatic nitrogens is 3. The zero-order valence-electron chi connectivity index (χ0n) is 14.0. The smallest absolute Gasteiger partial charge is 0.251 e. The standard InChI is InChI=1S/C19H24N4O/c24-19(20-13-18-22-21-17-7-4-12-23(17)18)16-10-8-15(9-11-16)14-5-2-1-3-6-14/h8-11,14H,1-7,12-13H2,(H,20,24). The fourth-order valence-corrected chi connectivity index (χ4v) is 3.95. The SMILES string of the molecule is O=C(NCc1nnc2n1CCC2)c1ccc(C2CCCCC2)cc1. The summed E-state index contributed by atoms with van der Waals surface area (Å²) in [5.41, 5.74) is 2.09. The van der Waals surface area contributed by atoms with Crippen molar-refractivity contribution in [2.24, 2.45) is 0 Å². The third kappa shape index (κ3) is 3.07. The molecule has 1 aliphatic heterocycles. The summed E-state index contributed by atoms with van der Waals surface area (Å²) in [7, 11) is 0. The van der Waals surface area contributed by atoms with Crippen molar-refractivity contribution >= 4 is 5.91 Å². The molecular weight excluding hydrogens is 300 g/mol. The van der Waals surface area contributed by atoms with Crippen molar-refractivity contribution in [3.05, 3.63) is 47.0 Å². The summed E-state index contributed by atoms with van der Waals surface area (Å²) in [6, 6.07) is 8.15. The van der Waals surface area contributed by atoms with E-state index in [0.29, 0.717) is 12.5 Å².